The van der Waals surface area contributed by atoms with E-state index in [1.165, 1.54) is 18.2 Å². The predicted octanol–water partition coefficient (Wildman–Crippen LogP) is 2.37. The van der Waals surface area contributed by atoms with E-state index in [1.54, 1.807) is 0 Å². The number of nitrogens with one attached hydrogen (secondary N) is 1. The first-order valence-electron chi connectivity index (χ1n) is 6.53. The lowest BCUT2D eigenvalue weighted by Gasteiger charge is -2.29. The SMILES string of the molecule is CN(CC(F)(F)F)C(=O)NC1(C=O)CCc2c(F)cccc21. The molecule has 1 aliphatic rings. The number of hydrogen-bond donors (Lipinski definition) is 1. The van der Waals surface area contributed by atoms with Crippen LogP contribution in [0.3, 0.4) is 0 Å². The van der Waals surface area contributed by atoms with Gasteiger partial charge in [0.2, 0.25) is 0 Å². The Kier molecular flexibility index (Phi) is 4.12. The summed E-state index contributed by atoms with van der Waals surface area (Å²) in [6.07, 6.45) is -3.76. The van der Waals surface area contributed by atoms with E-state index in [0.717, 1.165) is 7.05 Å². The average molecular weight is 318 g/mol. The standard InChI is InChI=1S/C14H14F4N2O2/c1-20(7-14(16,17)18)12(22)19-13(8-21)6-5-9-10(13)3-2-4-11(9)15/h2-4,8H,5-7H2,1H3,(H,19,22). The highest BCUT2D eigenvalue weighted by Crippen LogP contribution is 2.37. The van der Waals surface area contributed by atoms with Gasteiger partial charge >= 0.3 is 12.2 Å². The van der Waals surface area contributed by atoms with Gasteiger partial charge in [0.1, 0.15) is 24.2 Å². The molecular weight excluding hydrogens is 304 g/mol. The molecule has 1 aromatic carbocycles. The fraction of sp³-hybridized carbons (Fsp3) is 0.429. The molecule has 0 spiro atoms. The van der Waals surface area contributed by atoms with Crippen molar-refractivity contribution in [1.82, 2.24) is 10.2 Å². The van der Waals surface area contributed by atoms with Crippen LogP contribution in [0, 0.1) is 5.82 Å². The maximum absolute atomic E-state index is 13.7. The molecule has 0 aromatic heterocycles. The first-order chi connectivity index (χ1) is 10.2. The van der Waals surface area contributed by atoms with Crippen LogP contribution < -0.4 is 5.32 Å². The first-order valence-corrected chi connectivity index (χ1v) is 6.53. The first kappa shape index (κ1) is 16.3. The van der Waals surface area contributed by atoms with Crippen LogP contribution in [0.4, 0.5) is 22.4 Å². The van der Waals surface area contributed by atoms with Crippen LogP contribution in [0.1, 0.15) is 17.5 Å². The minimum absolute atomic E-state index is 0.109. The molecule has 1 atom stereocenters. The number of urea groups is 1. The molecule has 22 heavy (non-hydrogen) atoms. The van der Waals surface area contributed by atoms with E-state index in [-0.39, 0.29) is 18.4 Å². The Labute approximate surface area is 124 Å². The Bertz CT molecular complexity index is 603. The van der Waals surface area contributed by atoms with Gasteiger partial charge in [0, 0.05) is 7.05 Å². The maximum atomic E-state index is 13.7. The largest absolute Gasteiger partial charge is 0.406 e. The molecule has 0 aliphatic heterocycles. The number of benzene rings is 1. The van der Waals surface area contributed by atoms with Crippen LogP contribution in [0.25, 0.3) is 0 Å². The highest BCUT2D eigenvalue weighted by atomic mass is 19.4. The quantitative estimate of drug-likeness (QED) is 0.687. The number of aldehydes is 1. The summed E-state index contributed by atoms with van der Waals surface area (Å²) in [6.45, 7) is -1.44. The smallest absolute Gasteiger partial charge is 0.322 e. The topological polar surface area (TPSA) is 49.4 Å². The summed E-state index contributed by atoms with van der Waals surface area (Å²) < 4.78 is 50.6. The molecule has 1 aromatic rings. The summed E-state index contributed by atoms with van der Waals surface area (Å²) >= 11 is 0. The molecule has 120 valence electrons. The van der Waals surface area contributed by atoms with E-state index in [4.69, 9.17) is 0 Å². The fourth-order valence-corrected chi connectivity index (χ4v) is 2.60. The van der Waals surface area contributed by atoms with Crippen LogP contribution in [0.15, 0.2) is 18.2 Å². The van der Waals surface area contributed by atoms with Crippen molar-refractivity contribution in [3.8, 4) is 0 Å². The van der Waals surface area contributed by atoms with E-state index in [9.17, 15) is 27.2 Å². The van der Waals surface area contributed by atoms with E-state index >= 15 is 0 Å². The summed E-state index contributed by atoms with van der Waals surface area (Å²) in [5.41, 5.74) is -0.904. The lowest BCUT2D eigenvalue weighted by molar-refractivity contribution is -0.137. The Morgan fingerprint density at radius 3 is 2.73 bits per heavy atom. The number of halogens is 4. The molecule has 4 nitrogen and oxygen atoms in total. The second-order valence-corrected chi connectivity index (χ2v) is 5.26. The maximum Gasteiger partial charge on any atom is 0.406 e. The Morgan fingerprint density at radius 1 is 1.45 bits per heavy atom. The third-order valence-electron chi connectivity index (χ3n) is 3.66. The number of fused-ring (bicyclic) bond motifs is 1. The molecule has 8 heteroatoms. The minimum Gasteiger partial charge on any atom is -0.322 e. The molecule has 0 saturated carbocycles. The van der Waals surface area contributed by atoms with E-state index in [0.29, 0.717) is 16.7 Å². The fourth-order valence-electron chi connectivity index (χ4n) is 2.60. The van der Waals surface area contributed by atoms with E-state index < -0.39 is 30.1 Å². The molecule has 0 heterocycles. The van der Waals surface area contributed by atoms with E-state index in [2.05, 4.69) is 5.32 Å². The number of rotatable bonds is 3. The summed E-state index contributed by atoms with van der Waals surface area (Å²) in [7, 11) is 0.975. The second kappa shape index (κ2) is 5.58. The van der Waals surface area contributed by atoms with Crippen molar-refractivity contribution in [2.45, 2.75) is 24.6 Å². The van der Waals surface area contributed by atoms with Gasteiger partial charge in [-0.3, -0.25) is 0 Å². The van der Waals surface area contributed by atoms with Crippen molar-refractivity contribution in [3.63, 3.8) is 0 Å². The minimum atomic E-state index is -4.54. The molecule has 0 bridgehead atoms. The van der Waals surface area contributed by atoms with Crippen molar-refractivity contribution < 1.29 is 27.2 Å². The third kappa shape index (κ3) is 3.05. The lowest BCUT2D eigenvalue weighted by Crippen LogP contribution is -2.52. The van der Waals surface area contributed by atoms with E-state index in [1.807, 2.05) is 0 Å². The number of amides is 2. The molecule has 1 N–H and O–H groups in total. The molecule has 0 fully saturated rings. The lowest BCUT2D eigenvalue weighted by atomic mass is 9.93. The molecular formula is C14H14F4N2O2. The van der Waals surface area contributed by atoms with Crippen molar-refractivity contribution in [3.05, 3.63) is 35.1 Å². The van der Waals surface area contributed by atoms with Gasteiger partial charge in [-0.15, -0.1) is 0 Å². The molecule has 2 rings (SSSR count). The van der Waals surface area contributed by atoms with Crippen molar-refractivity contribution in [2.75, 3.05) is 13.6 Å². The number of carbonyl (C=O) groups is 2. The number of carbonyl (C=O) groups excluding carboxylic acids is 2. The van der Waals surface area contributed by atoms with Crippen LogP contribution >= 0.6 is 0 Å². The highest BCUT2D eigenvalue weighted by Gasteiger charge is 2.42. The Morgan fingerprint density at radius 2 is 2.14 bits per heavy atom. The normalized spacial score (nSPS) is 20.4. The Balaban J connectivity index is 2.23. The summed E-state index contributed by atoms with van der Waals surface area (Å²) in [5.74, 6) is -0.501. The van der Waals surface area contributed by atoms with Gasteiger partial charge in [0.25, 0.3) is 0 Å². The zero-order valence-electron chi connectivity index (χ0n) is 11.7. The average Bonchev–Trinajstić information content (AvgIpc) is 2.78. The number of nitrogens with zero attached hydrogens (tertiary/aromatic N) is 1. The molecule has 0 saturated heterocycles. The summed E-state index contributed by atoms with van der Waals surface area (Å²) in [6, 6.07) is 3.08. The molecule has 2 amide bonds. The summed E-state index contributed by atoms with van der Waals surface area (Å²) in [5, 5.41) is 2.30. The molecule has 0 radical (unpaired) electrons. The third-order valence-corrected chi connectivity index (χ3v) is 3.66. The van der Waals surface area contributed by atoms with Crippen molar-refractivity contribution in [1.29, 1.82) is 0 Å². The molecule has 1 aliphatic carbocycles. The van der Waals surface area contributed by atoms with Gasteiger partial charge in [0.15, 0.2) is 0 Å². The molecule has 1 unspecified atom stereocenters. The highest BCUT2D eigenvalue weighted by molar-refractivity contribution is 5.82. The van der Waals surface area contributed by atoms with Gasteiger partial charge in [-0.05, 0) is 30.0 Å². The van der Waals surface area contributed by atoms with Gasteiger partial charge in [-0.2, -0.15) is 13.2 Å². The van der Waals surface area contributed by atoms with Crippen LogP contribution in [0.2, 0.25) is 0 Å². The zero-order chi connectivity index (χ0) is 16.5. The van der Waals surface area contributed by atoms with Gasteiger partial charge in [-0.1, -0.05) is 12.1 Å². The zero-order valence-corrected chi connectivity index (χ0v) is 11.7. The van der Waals surface area contributed by atoms with Crippen molar-refractivity contribution in [2.24, 2.45) is 0 Å². The van der Waals surface area contributed by atoms with Gasteiger partial charge < -0.3 is 15.0 Å². The van der Waals surface area contributed by atoms with Crippen LogP contribution in [-0.2, 0) is 16.8 Å². The number of hydrogen-bond acceptors (Lipinski definition) is 2. The van der Waals surface area contributed by atoms with Crippen LogP contribution in [0.5, 0.6) is 0 Å². The van der Waals surface area contributed by atoms with Crippen LogP contribution in [-0.4, -0.2) is 37.0 Å². The van der Waals surface area contributed by atoms with Crippen molar-refractivity contribution >= 4 is 12.3 Å². The second-order valence-electron chi connectivity index (χ2n) is 5.26. The summed E-state index contributed by atoms with van der Waals surface area (Å²) in [4.78, 5) is 23.8. The van der Waals surface area contributed by atoms with Gasteiger partial charge in [-0.25, -0.2) is 9.18 Å². The number of alkyl halides is 3. The monoisotopic (exact) mass is 318 g/mol. The predicted molar refractivity (Wildman–Crippen MR) is 69.7 cm³/mol. The van der Waals surface area contributed by atoms with Gasteiger partial charge in [0.05, 0.1) is 0 Å². The Hall–Kier alpha value is -2.12.